The molecule has 5 rings (SSSR count). The van der Waals surface area contributed by atoms with Gasteiger partial charge in [-0.1, -0.05) is 48.0 Å². The number of halogens is 1. The van der Waals surface area contributed by atoms with Gasteiger partial charge in [-0.15, -0.1) is 0 Å². The number of nitrogens with zero attached hydrogens (tertiary/aromatic N) is 1. The lowest BCUT2D eigenvalue weighted by Crippen LogP contribution is -2.24. The minimum Gasteiger partial charge on any atom is -0.479 e. The Morgan fingerprint density at radius 2 is 1.91 bits per heavy atom. The summed E-state index contributed by atoms with van der Waals surface area (Å²) >= 11 is 5.97. The molecule has 4 aromatic rings. The normalized spacial score (nSPS) is 16.2. The highest BCUT2D eigenvalue weighted by Gasteiger charge is 2.33. The standard InChI is InChI=1S/C25H20ClNO5/c26-17-7-5-15(6-8-17)12-27-13-16(11-22(27)28)18-9-10-21(31-14-23(29)30)25-24(18)19-3-1-2-4-20(19)32-25/h1-10,16H,11-14H2,(H,29,30). The number of benzene rings is 3. The summed E-state index contributed by atoms with van der Waals surface area (Å²) in [4.78, 5) is 25.6. The molecule has 0 saturated carbocycles. The molecule has 2 heterocycles. The fourth-order valence-corrected chi connectivity index (χ4v) is 4.49. The summed E-state index contributed by atoms with van der Waals surface area (Å²) in [6.45, 7) is 0.662. The van der Waals surface area contributed by atoms with Crippen molar-refractivity contribution in [3.05, 3.63) is 76.8 Å². The number of carbonyl (C=O) groups excluding carboxylic acids is 1. The number of hydrogen-bond acceptors (Lipinski definition) is 4. The summed E-state index contributed by atoms with van der Waals surface area (Å²) in [6, 6.07) is 18.8. The molecule has 0 radical (unpaired) electrons. The van der Waals surface area contributed by atoms with Crippen LogP contribution in [0.2, 0.25) is 5.02 Å². The number of carbonyl (C=O) groups is 2. The molecule has 1 unspecified atom stereocenters. The number of ether oxygens (including phenoxy) is 1. The van der Waals surface area contributed by atoms with E-state index in [9.17, 15) is 9.59 Å². The average molecular weight is 450 g/mol. The highest BCUT2D eigenvalue weighted by Crippen LogP contribution is 2.42. The van der Waals surface area contributed by atoms with Crippen LogP contribution in [-0.2, 0) is 16.1 Å². The number of para-hydroxylation sites is 1. The van der Waals surface area contributed by atoms with Crippen molar-refractivity contribution in [1.82, 2.24) is 4.90 Å². The van der Waals surface area contributed by atoms with Gasteiger partial charge in [0.15, 0.2) is 17.9 Å². The molecule has 6 nitrogen and oxygen atoms in total. The van der Waals surface area contributed by atoms with Gasteiger partial charge < -0.3 is 19.2 Å². The van der Waals surface area contributed by atoms with Gasteiger partial charge >= 0.3 is 5.97 Å². The maximum absolute atomic E-state index is 12.8. The summed E-state index contributed by atoms with van der Waals surface area (Å²) in [5.74, 6) is -0.591. The summed E-state index contributed by atoms with van der Waals surface area (Å²) in [6.07, 6.45) is 0.400. The van der Waals surface area contributed by atoms with Crippen molar-refractivity contribution in [2.75, 3.05) is 13.2 Å². The van der Waals surface area contributed by atoms with Crippen LogP contribution in [-0.4, -0.2) is 35.0 Å². The average Bonchev–Trinajstić information content (AvgIpc) is 3.34. The number of rotatable bonds is 6. The summed E-state index contributed by atoms with van der Waals surface area (Å²) < 4.78 is 11.5. The molecule has 1 amide bonds. The van der Waals surface area contributed by atoms with Crippen LogP contribution in [0.15, 0.2) is 65.1 Å². The van der Waals surface area contributed by atoms with E-state index in [1.165, 1.54) is 0 Å². The Kier molecular flexibility index (Phi) is 5.23. The molecule has 0 spiro atoms. The molecule has 1 aromatic heterocycles. The maximum atomic E-state index is 12.8. The topological polar surface area (TPSA) is 80.0 Å². The van der Waals surface area contributed by atoms with E-state index < -0.39 is 12.6 Å². The molecule has 1 N–H and O–H groups in total. The molecule has 1 saturated heterocycles. The van der Waals surface area contributed by atoms with E-state index in [1.54, 1.807) is 6.07 Å². The van der Waals surface area contributed by atoms with Crippen LogP contribution in [0, 0.1) is 0 Å². The van der Waals surface area contributed by atoms with Crippen LogP contribution < -0.4 is 4.74 Å². The third-order valence-corrected chi connectivity index (χ3v) is 6.07. The van der Waals surface area contributed by atoms with Gasteiger partial charge in [0.05, 0.1) is 0 Å². The molecule has 162 valence electrons. The number of furan rings is 1. The highest BCUT2D eigenvalue weighted by molar-refractivity contribution is 6.30. The predicted octanol–water partition coefficient (Wildman–Crippen LogP) is 5.22. The molecule has 3 aromatic carbocycles. The molecule has 7 heteroatoms. The van der Waals surface area contributed by atoms with Crippen LogP contribution in [0.25, 0.3) is 21.9 Å². The number of amides is 1. The zero-order valence-corrected chi connectivity index (χ0v) is 17.8. The van der Waals surface area contributed by atoms with Gasteiger partial charge in [0, 0.05) is 41.2 Å². The van der Waals surface area contributed by atoms with Crippen LogP contribution in [0.4, 0.5) is 0 Å². The first-order chi connectivity index (χ1) is 15.5. The first-order valence-electron chi connectivity index (χ1n) is 10.3. The van der Waals surface area contributed by atoms with E-state index in [0.29, 0.717) is 41.4 Å². The fourth-order valence-electron chi connectivity index (χ4n) is 4.37. The molecule has 0 aliphatic carbocycles. The van der Waals surface area contributed by atoms with Crippen LogP contribution in [0.5, 0.6) is 5.75 Å². The minimum atomic E-state index is -1.06. The Bertz CT molecular complexity index is 1330. The van der Waals surface area contributed by atoms with Crippen LogP contribution in [0.1, 0.15) is 23.5 Å². The Morgan fingerprint density at radius 3 is 2.69 bits per heavy atom. The van der Waals surface area contributed by atoms with Crippen LogP contribution >= 0.6 is 11.6 Å². The molecule has 1 fully saturated rings. The number of carboxylic acids is 1. The smallest absolute Gasteiger partial charge is 0.341 e. The lowest BCUT2D eigenvalue weighted by molar-refractivity contribution is -0.139. The van der Waals surface area contributed by atoms with E-state index in [0.717, 1.165) is 21.9 Å². The van der Waals surface area contributed by atoms with E-state index in [4.69, 9.17) is 25.9 Å². The highest BCUT2D eigenvalue weighted by atomic mass is 35.5. The molecule has 1 aliphatic heterocycles. The van der Waals surface area contributed by atoms with Gasteiger partial charge in [-0.05, 0) is 35.4 Å². The summed E-state index contributed by atoms with van der Waals surface area (Å²) in [7, 11) is 0. The Balaban J connectivity index is 1.51. The fraction of sp³-hybridized carbons (Fsp3) is 0.200. The monoisotopic (exact) mass is 449 g/mol. The predicted molar refractivity (Wildman–Crippen MR) is 121 cm³/mol. The van der Waals surface area contributed by atoms with Gasteiger partial charge in [0.2, 0.25) is 5.91 Å². The van der Waals surface area contributed by atoms with Gasteiger partial charge in [-0.25, -0.2) is 4.79 Å². The number of hydrogen-bond donors (Lipinski definition) is 1. The Labute approximate surface area is 188 Å². The van der Waals surface area contributed by atoms with E-state index in [1.807, 2.05) is 59.5 Å². The van der Waals surface area contributed by atoms with Crippen molar-refractivity contribution in [2.45, 2.75) is 18.9 Å². The molecule has 1 atom stereocenters. The lowest BCUT2D eigenvalue weighted by atomic mass is 9.93. The second kappa shape index (κ2) is 8.20. The summed E-state index contributed by atoms with van der Waals surface area (Å²) in [5.41, 5.74) is 3.23. The number of aliphatic carboxylic acids is 1. The molecular formula is C25H20ClNO5. The minimum absolute atomic E-state index is 0.00756. The van der Waals surface area contributed by atoms with E-state index in [-0.39, 0.29) is 11.8 Å². The SMILES string of the molecule is O=C(O)COc1ccc(C2CC(=O)N(Cc3ccc(Cl)cc3)C2)c2c1oc1ccccc12. The van der Waals surface area contributed by atoms with Crippen molar-refractivity contribution >= 4 is 45.4 Å². The van der Waals surface area contributed by atoms with Gasteiger partial charge in [-0.3, -0.25) is 4.79 Å². The van der Waals surface area contributed by atoms with Gasteiger partial charge in [0.25, 0.3) is 0 Å². The lowest BCUT2D eigenvalue weighted by Gasteiger charge is -2.17. The third kappa shape index (κ3) is 3.78. The number of fused-ring (bicyclic) bond motifs is 3. The quantitative estimate of drug-likeness (QED) is 0.436. The molecule has 0 bridgehead atoms. The zero-order valence-electron chi connectivity index (χ0n) is 17.1. The first kappa shape index (κ1) is 20.4. The second-order valence-electron chi connectivity index (χ2n) is 7.94. The maximum Gasteiger partial charge on any atom is 0.341 e. The van der Waals surface area contributed by atoms with Crippen molar-refractivity contribution in [3.8, 4) is 5.75 Å². The van der Waals surface area contributed by atoms with E-state index >= 15 is 0 Å². The van der Waals surface area contributed by atoms with Crippen molar-refractivity contribution < 1.29 is 23.8 Å². The number of likely N-dealkylation sites (tertiary alicyclic amines) is 1. The Hall–Kier alpha value is -3.51. The zero-order chi connectivity index (χ0) is 22.2. The largest absolute Gasteiger partial charge is 0.479 e. The number of carboxylic acid groups (broad SMARTS) is 1. The molecule has 32 heavy (non-hydrogen) atoms. The first-order valence-corrected chi connectivity index (χ1v) is 10.7. The molecule has 1 aliphatic rings. The van der Waals surface area contributed by atoms with Crippen molar-refractivity contribution in [1.29, 1.82) is 0 Å². The van der Waals surface area contributed by atoms with Crippen molar-refractivity contribution in [3.63, 3.8) is 0 Å². The molecular weight excluding hydrogens is 430 g/mol. The van der Waals surface area contributed by atoms with Crippen LogP contribution in [0.3, 0.4) is 0 Å². The van der Waals surface area contributed by atoms with Gasteiger partial charge in [-0.2, -0.15) is 0 Å². The third-order valence-electron chi connectivity index (χ3n) is 5.81. The van der Waals surface area contributed by atoms with E-state index in [2.05, 4.69) is 0 Å². The summed E-state index contributed by atoms with van der Waals surface area (Å²) in [5, 5.41) is 11.5. The second-order valence-corrected chi connectivity index (χ2v) is 8.38. The Morgan fingerprint density at radius 1 is 1.12 bits per heavy atom. The van der Waals surface area contributed by atoms with Crippen molar-refractivity contribution in [2.24, 2.45) is 0 Å². The van der Waals surface area contributed by atoms with Gasteiger partial charge in [0.1, 0.15) is 5.58 Å².